The van der Waals surface area contributed by atoms with Crippen LogP contribution in [0.1, 0.15) is 49.5 Å². The Labute approximate surface area is 166 Å². The topological polar surface area (TPSA) is 63.6 Å². The van der Waals surface area contributed by atoms with Crippen molar-refractivity contribution in [2.45, 2.75) is 39.2 Å². The zero-order valence-corrected chi connectivity index (χ0v) is 16.9. The van der Waals surface area contributed by atoms with Crippen molar-refractivity contribution in [2.24, 2.45) is 5.92 Å². The van der Waals surface area contributed by atoms with Crippen molar-refractivity contribution < 1.29 is 14.3 Å². The molecule has 1 fully saturated rings. The number of nitrogens with one attached hydrogen (secondary N) is 1. The van der Waals surface area contributed by atoms with Gasteiger partial charge < -0.3 is 19.5 Å². The summed E-state index contributed by atoms with van der Waals surface area (Å²) in [5, 5.41) is 2.97. The van der Waals surface area contributed by atoms with E-state index in [1.165, 1.54) is 6.42 Å². The Kier molecular flexibility index (Phi) is 6.39. The van der Waals surface area contributed by atoms with Crippen LogP contribution < -0.4 is 10.1 Å². The molecule has 28 heavy (non-hydrogen) atoms. The quantitative estimate of drug-likeness (QED) is 0.821. The summed E-state index contributed by atoms with van der Waals surface area (Å²) in [5.41, 5.74) is 1.09. The Hall–Kier alpha value is -2.76. The number of nitrogens with zero attached hydrogens (tertiary/aromatic N) is 2. The molecule has 0 radical (unpaired) electrons. The first-order valence-electron chi connectivity index (χ1n) is 9.92. The largest absolute Gasteiger partial charge is 0.495 e. The highest BCUT2D eigenvalue weighted by molar-refractivity contribution is 5.99. The predicted molar refractivity (Wildman–Crippen MR) is 110 cm³/mol. The third-order valence-electron chi connectivity index (χ3n) is 5.20. The molecule has 2 amide bonds. The van der Waals surface area contributed by atoms with E-state index in [0.29, 0.717) is 17.0 Å². The lowest BCUT2D eigenvalue weighted by molar-refractivity contribution is -0.120. The average molecular weight is 383 g/mol. The molecule has 1 aromatic heterocycles. The number of amides is 2. The van der Waals surface area contributed by atoms with Crippen molar-refractivity contribution in [3.63, 3.8) is 0 Å². The molecule has 1 atom stereocenters. The minimum absolute atomic E-state index is 0.00340. The molecule has 1 saturated heterocycles. The first-order valence-corrected chi connectivity index (χ1v) is 9.92. The molecule has 1 aliphatic rings. The van der Waals surface area contributed by atoms with Crippen molar-refractivity contribution in [1.82, 2.24) is 9.47 Å². The van der Waals surface area contributed by atoms with Crippen LogP contribution in [0.15, 0.2) is 42.7 Å². The van der Waals surface area contributed by atoms with Crippen LogP contribution in [0.3, 0.4) is 0 Å². The van der Waals surface area contributed by atoms with Crippen molar-refractivity contribution >= 4 is 17.5 Å². The minimum Gasteiger partial charge on any atom is -0.495 e. The predicted octanol–water partition coefficient (Wildman–Crippen LogP) is 3.96. The molecule has 0 bridgehead atoms. The van der Waals surface area contributed by atoms with E-state index < -0.39 is 0 Å². The fourth-order valence-electron chi connectivity index (χ4n) is 3.74. The van der Waals surface area contributed by atoms with Gasteiger partial charge in [-0.2, -0.15) is 0 Å². The Morgan fingerprint density at radius 1 is 1.07 bits per heavy atom. The second kappa shape index (κ2) is 8.95. The van der Waals surface area contributed by atoms with E-state index in [9.17, 15) is 9.59 Å². The zero-order chi connectivity index (χ0) is 20.1. The van der Waals surface area contributed by atoms with Gasteiger partial charge in [0.2, 0.25) is 5.91 Å². The van der Waals surface area contributed by atoms with Gasteiger partial charge in [-0.05, 0) is 55.5 Å². The van der Waals surface area contributed by atoms with Crippen LogP contribution in [0, 0.1) is 5.92 Å². The Bertz CT molecular complexity index is 808. The molecule has 1 aromatic carbocycles. The van der Waals surface area contributed by atoms with E-state index >= 15 is 0 Å². The van der Waals surface area contributed by atoms with E-state index in [0.717, 1.165) is 25.9 Å². The minimum atomic E-state index is -0.346. The Morgan fingerprint density at radius 3 is 2.36 bits per heavy atom. The molecule has 6 heteroatoms. The third kappa shape index (κ3) is 4.38. The molecule has 2 heterocycles. The van der Waals surface area contributed by atoms with Crippen molar-refractivity contribution in [2.75, 3.05) is 25.5 Å². The maximum Gasteiger partial charge on any atom is 0.253 e. The lowest BCUT2D eigenvalue weighted by Gasteiger charge is -2.27. The molecule has 0 saturated carbocycles. The third-order valence-corrected chi connectivity index (χ3v) is 5.20. The number of aromatic nitrogens is 1. The van der Waals surface area contributed by atoms with Crippen molar-refractivity contribution in [3.8, 4) is 5.75 Å². The molecule has 1 unspecified atom stereocenters. The van der Waals surface area contributed by atoms with Crippen molar-refractivity contribution in [1.29, 1.82) is 0 Å². The molecule has 3 rings (SSSR count). The van der Waals surface area contributed by atoms with Crippen LogP contribution in [0.4, 0.5) is 5.69 Å². The second-order valence-electron chi connectivity index (χ2n) is 7.58. The van der Waals surface area contributed by atoms with Crippen LogP contribution in [-0.4, -0.2) is 41.5 Å². The van der Waals surface area contributed by atoms with Gasteiger partial charge in [0.15, 0.2) is 0 Å². The summed E-state index contributed by atoms with van der Waals surface area (Å²) in [6.07, 6.45) is 7.02. The summed E-state index contributed by atoms with van der Waals surface area (Å²) in [6, 6.07) is 8.69. The molecule has 1 N–H and O–H groups in total. The van der Waals surface area contributed by atoms with Gasteiger partial charge in [-0.25, -0.2) is 0 Å². The summed E-state index contributed by atoms with van der Waals surface area (Å²) in [4.78, 5) is 27.7. The average Bonchev–Trinajstić information content (AvgIpc) is 3.22. The molecule has 0 spiro atoms. The highest BCUT2D eigenvalue weighted by Gasteiger charge is 2.25. The number of rotatable bonds is 6. The molecular formula is C22H29N3O3. The van der Waals surface area contributed by atoms with E-state index in [4.69, 9.17) is 4.74 Å². The maximum atomic E-state index is 13.0. The van der Waals surface area contributed by atoms with E-state index in [-0.39, 0.29) is 23.8 Å². The first-order chi connectivity index (χ1) is 13.5. The van der Waals surface area contributed by atoms with Gasteiger partial charge in [0.1, 0.15) is 11.8 Å². The molecule has 2 aromatic rings. The fraction of sp³-hybridized carbons (Fsp3) is 0.455. The molecule has 0 aliphatic carbocycles. The van der Waals surface area contributed by atoms with Crippen LogP contribution >= 0.6 is 0 Å². The van der Waals surface area contributed by atoms with Gasteiger partial charge in [-0.1, -0.05) is 13.8 Å². The maximum absolute atomic E-state index is 13.0. The van der Waals surface area contributed by atoms with E-state index in [2.05, 4.69) is 5.32 Å². The normalized spacial score (nSPS) is 15.4. The monoisotopic (exact) mass is 383 g/mol. The number of carbonyl (C=O) groups is 2. The Morgan fingerprint density at radius 2 is 1.75 bits per heavy atom. The van der Waals surface area contributed by atoms with Gasteiger partial charge in [0.25, 0.3) is 5.91 Å². The van der Waals surface area contributed by atoms with Gasteiger partial charge in [-0.15, -0.1) is 0 Å². The number of ether oxygens (including phenoxy) is 1. The molecule has 1 aliphatic heterocycles. The van der Waals surface area contributed by atoms with Gasteiger partial charge in [-0.3, -0.25) is 9.59 Å². The van der Waals surface area contributed by atoms with Gasteiger partial charge >= 0.3 is 0 Å². The number of carbonyl (C=O) groups excluding carboxylic acids is 2. The second-order valence-corrected chi connectivity index (χ2v) is 7.58. The number of hydrogen-bond donors (Lipinski definition) is 1. The van der Waals surface area contributed by atoms with Crippen LogP contribution in [0.25, 0.3) is 0 Å². The lowest BCUT2D eigenvalue weighted by atomic mass is 10.0. The number of likely N-dealkylation sites (tertiary alicyclic amines) is 1. The van der Waals surface area contributed by atoms with E-state index in [1.54, 1.807) is 25.3 Å². The van der Waals surface area contributed by atoms with Crippen molar-refractivity contribution in [3.05, 3.63) is 48.3 Å². The van der Waals surface area contributed by atoms with Crippen LogP contribution in [0.5, 0.6) is 5.75 Å². The first kappa shape index (κ1) is 20.0. The standard InChI is InChI=1S/C22H29N3O3/c1-16(2)20(24-11-7-8-12-24)21(26)23-18-15-17(9-10-19(18)28-3)22(27)25-13-5-4-6-14-25/h7-12,15-16,20H,4-6,13-14H2,1-3H3,(H,23,26). The molecule has 6 nitrogen and oxygen atoms in total. The summed E-state index contributed by atoms with van der Waals surface area (Å²) >= 11 is 0. The number of benzene rings is 1. The smallest absolute Gasteiger partial charge is 0.253 e. The number of methoxy groups -OCH3 is 1. The highest BCUT2D eigenvalue weighted by atomic mass is 16.5. The van der Waals surface area contributed by atoms with Gasteiger partial charge in [0.05, 0.1) is 12.8 Å². The number of hydrogen-bond acceptors (Lipinski definition) is 3. The SMILES string of the molecule is COc1ccc(C(=O)N2CCCCC2)cc1NC(=O)C(C(C)C)n1cccc1. The summed E-state index contributed by atoms with van der Waals surface area (Å²) in [5.74, 6) is 0.519. The molecule has 150 valence electrons. The summed E-state index contributed by atoms with van der Waals surface area (Å²) in [7, 11) is 1.56. The fourth-order valence-corrected chi connectivity index (χ4v) is 3.74. The Balaban J connectivity index is 1.83. The number of anilines is 1. The van der Waals surface area contributed by atoms with E-state index in [1.807, 2.05) is 47.8 Å². The lowest BCUT2D eigenvalue weighted by Crippen LogP contribution is -2.35. The summed E-state index contributed by atoms with van der Waals surface area (Å²) < 4.78 is 7.31. The highest BCUT2D eigenvalue weighted by Crippen LogP contribution is 2.29. The summed E-state index contributed by atoms with van der Waals surface area (Å²) in [6.45, 7) is 5.60. The zero-order valence-electron chi connectivity index (χ0n) is 16.9. The van der Waals surface area contributed by atoms with Crippen LogP contribution in [-0.2, 0) is 4.79 Å². The van der Waals surface area contributed by atoms with Crippen LogP contribution in [0.2, 0.25) is 0 Å². The number of piperidine rings is 1. The van der Waals surface area contributed by atoms with Gasteiger partial charge in [0, 0.05) is 31.0 Å². The molecular weight excluding hydrogens is 354 g/mol.